The summed E-state index contributed by atoms with van der Waals surface area (Å²) in [5.74, 6) is 0. The van der Waals surface area contributed by atoms with E-state index in [1.165, 1.54) is 10.4 Å². The lowest BCUT2D eigenvalue weighted by molar-refractivity contribution is 0.192. The monoisotopic (exact) mass is 372 g/mol. The van der Waals surface area contributed by atoms with Crippen molar-refractivity contribution < 1.29 is 0 Å². The molecule has 1 aromatic heterocycles. The van der Waals surface area contributed by atoms with E-state index in [0.717, 1.165) is 9.50 Å². The van der Waals surface area contributed by atoms with Crippen molar-refractivity contribution in [2.24, 2.45) is 5.73 Å². The molecule has 0 aliphatic heterocycles. The topological polar surface area (TPSA) is 29.3 Å². The summed E-state index contributed by atoms with van der Waals surface area (Å²) in [5, 5.41) is 2.83. The Morgan fingerprint density at radius 3 is 2.70 bits per heavy atom. The highest BCUT2D eigenvalue weighted by molar-refractivity contribution is 9.10. The Labute approximate surface area is 137 Å². The molecule has 0 saturated heterocycles. The van der Waals surface area contributed by atoms with Gasteiger partial charge in [0.25, 0.3) is 0 Å². The fourth-order valence-corrected chi connectivity index (χ4v) is 4.07. The van der Waals surface area contributed by atoms with E-state index in [-0.39, 0.29) is 6.04 Å². The standard InChI is InChI=1S/C15H18BrClN2S/c1-10(15-4-3-7-20-15)19(2)14(9-18)12-6-5-11(17)8-13(12)16/h3-8,10,14H,9,18H2,1-2H3. The fourth-order valence-electron chi connectivity index (χ4n) is 2.28. The molecule has 108 valence electrons. The predicted molar refractivity (Wildman–Crippen MR) is 91.4 cm³/mol. The summed E-state index contributed by atoms with van der Waals surface area (Å²) < 4.78 is 1.01. The SMILES string of the molecule is CC(c1cccs1)N(C)C(CN)c1ccc(Cl)cc1Br. The number of likely N-dealkylation sites (N-methyl/N-ethyl adjacent to an activating group) is 1. The molecule has 0 amide bonds. The summed E-state index contributed by atoms with van der Waals surface area (Å²) >= 11 is 11.4. The van der Waals surface area contributed by atoms with E-state index in [0.29, 0.717) is 12.6 Å². The number of hydrogen-bond acceptors (Lipinski definition) is 3. The molecular weight excluding hydrogens is 356 g/mol. The summed E-state index contributed by atoms with van der Waals surface area (Å²) in [5.41, 5.74) is 7.18. The smallest absolute Gasteiger partial charge is 0.0484 e. The lowest BCUT2D eigenvalue weighted by Crippen LogP contribution is -2.32. The zero-order valence-corrected chi connectivity index (χ0v) is 14.7. The molecule has 1 heterocycles. The molecule has 0 radical (unpaired) electrons. The molecule has 2 unspecified atom stereocenters. The van der Waals surface area contributed by atoms with E-state index in [1.54, 1.807) is 11.3 Å². The summed E-state index contributed by atoms with van der Waals surface area (Å²) in [4.78, 5) is 3.65. The molecule has 1 aromatic carbocycles. The molecule has 2 rings (SSSR count). The first kappa shape index (κ1) is 16.0. The summed E-state index contributed by atoms with van der Waals surface area (Å²) in [6.07, 6.45) is 0. The van der Waals surface area contributed by atoms with Crippen molar-refractivity contribution in [3.63, 3.8) is 0 Å². The Hall–Kier alpha value is -0.390. The number of halogens is 2. The second kappa shape index (κ2) is 7.05. The normalized spacial score (nSPS) is 14.5. The fraction of sp³-hybridized carbons (Fsp3) is 0.333. The molecule has 5 heteroatoms. The first-order valence-corrected chi connectivity index (χ1v) is 8.50. The van der Waals surface area contributed by atoms with E-state index in [9.17, 15) is 0 Å². The lowest BCUT2D eigenvalue weighted by atomic mass is 10.0. The van der Waals surface area contributed by atoms with Crippen molar-refractivity contribution in [1.29, 1.82) is 0 Å². The van der Waals surface area contributed by atoms with Crippen LogP contribution in [0.1, 0.15) is 29.4 Å². The van der Waals surface area contributed by atoms with E-state index in [4.69, 9.17) is 17.3 Å². The molecule has 0 aliphatic rings. The second-order valence-corrected chi connectivity index (χ2v) is 7.04. The maximum atomic E-state index is 6.01. The van der Waals surface area contributed by atoms with Gasteiger partial charge >= 0.3 is 0 Å². The maximum absolute atomic E-state index is 6.01. The molecule has 2 aromatic rings. The average molecular weight is 374 g/mol. The van der Waals surface area contributed by atoms with Gasteiger partial charge in [0, 0.05) is 33.0 Å². The van der Waals surface area contributed by atoms with Crippen molar-refractivity contribution in [3.05, 3.63) is 55.6 Å². The number of nitrogens with zero attached hydrogens (tertiary/aromatic N) is 1. The van der Waals surface area contributed by atoms with Crippen LogP contribution in [-0.4, -0.2) is 18.5 Å². The second-order valence-electron chi connectivity index (χ2n) is 4.77. The zero-order valence-electron chi connectivity index (χ0n) is 11.5. The van der Waals surface area contributed by atoms with Gasteiger partial charge in [-0.2, -0.15) is 0 Å². The Morgan fingerprint density at radius 2 is 2.15 bits per heavy atom. The summed E-state index contributed by atoms with van der Waals surface area (Å²) in [6, 6.07) is 10.6. The van der Waals surface area contributed by atoms with Gasteiger partial charge in [0.2, 0.25) is 0 Å². The lowest BCUT2D eigenvalue weighted by Gasteiger charge is -2.33. The van der Waals surface area contributed by atoms with Gasteiger partial charge in [0.1, 0.15) is 0 Å². The van der Waals surface area contributed by atoms with E-state index in [2.05, 4.69) is 52.3 Å². The summed E-state index contributed by atoms with van der Waals surface area (Å²) in [6.45, 7) is 2.77. The Kier molecular flexibility index (Phi) is 5.64. The van der Waals surface area contributed by atoms with E-state index < -0.39 is 0 Å². The number of nitrogens with two attached hydrogens (primary N) is 1. The number of hydrogen-bond donors (Lipinski definition) is 1. The molecule has 0 saturated carbocycles. The van der Waals surface area contributed by atoms with Crippen LogP contribution >= 0.6 is 38.9 Å². The zero-order chi connectivity index (χ0) is 14.7. The minimum absolute atomic E-state index is 0.152. The van der Waals surface area contributed by atoms with Gasteiger partial charge in [-0.15, -0.1) is 11.3 Å². The first-order chi connectivity index (χ1) is 9.54. The van der Waals surface area contributed by atoms with Crippen LogP contribution in [0.25, 0.3) is 0 Å². The van der Waals surface area contributed by atoms with Crippen LogP contribution in [0.3, 0.4) is 0 Å². The van der Waals surface area contributed by atoms with Crippen LogP contribution in [0.15, 0.2) is 40.2 Å². The van der Waals surface area contributed by atoms with Gasteiger partial charge in [-0.05, 0) is 43.1 Å². The van der Waals surface area contributed by atoms with Crippen LogP contribution in [0.4, 0.5) is 0 Å². The quantitative estimate of drug-likeness (QED) is 0.811. The molecule has 20 heavy (non-hydrogen) atoms. The Morgan fingerprint density at radius 1 is 1.40 bits per heavy atom. The third kappa shape index (κ3) is 3.43. The third-order valence-electron chi connectivity index (χ3n) is 3.60. The van der Waals surface area contributed by atoms with Crippen molar-refractivity contribution in [1.82, 2.24) is 4.90 Å². The van der Waals surface area contributed by atoms with Crippen molar-refractivity contribution in [3.8, 4) is 0 Å². The maximum Gasteiger partial charge on any atom is 0.0484 e. The van der Waals surface area contributed by atoms with Crippen molar-refractivity contribution in [2.75, 3.05) is 13.6 Å². The highest BCUT2D eigenvalue weighted by Gasteiger charge is 2.23. The molecule has 0 aliphatic carbocycles. The average Bonchev–Trinajstić information content (AvgIpc) is 2.94. The number of rotatable bonds is 5. The molecule has 2 N–H and O–H groups in total. The van der Waals surface area contributed by atoms with Gasteiger partial charge in [-0.25, -0.2) is 0 Å². The number of thiophene rings is 1. The minimum atomic E-state index is 0.152. The van der Waals surface area contributed by atoms with Crippen molar-refractivity contribution in [2.45, 2.75) is 19.0 Å². The van der Waals surface area contributed by atoms with Crippen LogP contribution in [0.5, 0.6) is 0 Å². The molecule has 2 atom stereocenters. The van der Waals surface area contributed by atoms with Crippen LogP contribution in [-0.2, 0) is 0 Å². The third-order valence-corrected chi connectivity index (χ3v) is 5.57. The highest BCUT2D eigenvalue weighted by Crippen LogP contribution is 2.34. The predicted octanol–water partition coefficient (Wildman–Crippen LogP) is 4.86. The Balaban J connectivity index is 2.27. The first-order valence-electron chi connectivity index (χ1n) is 6.45. The molecule has 0 fully saturated rings. The van der Waals surface area contributed by atoms with Crippen LogP contribution < -0.4 is 5.73 Å². The van der Waals surface area contributed by atoms with Gasteiger partial charge in [-0.1, -0.05) is 39.7 Å². The van der Waals surface area contributed by atoms with Crippen molar-refractivity contribution >= 4 is 38.9 Å². The number of benzene rings is 1. The van der Waals surface area contributed by atoms with E-state index >= 15 is 0 Å². The largest absolute Gasteiger partial charge is 0.329 e. The minimum Gasteiger partial charge on any atom is -0.329 e. The van der Waals surface area contributed by atoms with Crippen LogP contribution in [0, 0.1) is 0 Å². The van der Waals surface area contributed by atoms with Gasteiger partial charge in [0.05, 0.1) is 0 Å². The van der Waals surface area contributed by atoms with Gasteiger partial charge in [-0.3, -0.25) is 4.90 Å². The highest BCUT2D eigenvalue weighted by atomic mass is 79.9. The molecule has 0 bridgehead atoms. The van der Waals surface area contributed by atoms with Gasteiger partial charge < -0.3 is 5.73 Å². The summed E-state index contributed by atoms with van der Waals surface area (Å²) in [7, 11) is 2.11. The molecule has 2 nitrogen and oxygen atoms in total. The van der Waals surface area contributed by atoms with Gasteiger partial charge in [0.15, 0.2) is 0 Å². The molecular formula is C15H18BrClN2S. The van der Waals surface area contributed by atoms with Crippen LogP contribution in [0.2, 0.25) is 5.02 Å². The molecule has 0 spiro atoms. The Bertz CT molecular complexity index is 559. The van der Waals surface area contributed by atoms with E-state index in [1.807, 2.05) is 18.2 Å².